The molecule has 4 rings (SSSR count). The van der Waals surface area contributed by atoms with Gasteiger partial charge in [-0.2, -0.15) is 0 Å². The lowest BCUT2D eigenvalue weighted by atomic mass is 10.0. The molecule has 130 valence electrons. The fourth-order valence-electron chi connectivity index (χ4n) is 3.43. The molecule has 8 heteroatoms. The van der Waals surface area contributed by atoms with Crippen molar-refractivity contribution in [2.45, 2.75) is 25.0 Å². The van der Waals surface area contributed by atoms with Crippen LogP contribution in [0, 0.1) is 0 Å². The maximum Gasteiger partial charge on any atom is 0.262 e. The molecule has 8 nitrogen and oxygen atoms in total. The number of hydrogen-bond donors (Lipinski definition) is 1. The van der Waals surface area contributed by atoms with Crippen LogP contribution in [-0.2, 0) is 9.59 Å². The van der Waals surface area contributed by atoms with Gasteiger partial charge >= 0.3 is 0 Å². The summed E-state index contributed by atoms with van der Waals surface area (Å²) in [6, 6.07) is 3.82. The van der Waals surface area contributed by atoms with Crippen LogP contribution in [0.5, 0.6) is 5.75 Å². The number of likely N-dealkylation sites (N-methyl/N-ethyl adjacent to an activating group) is 1. The number of piperidine rings is 1. The minimum Gasteiger partial charge on any atom is -0.488 e. The Hall–Kier alpha value is -2.74. The third kappa shape index (κ3) is 2.58. The van der Waals surface area contributed by atoms with E-state index in [-0.39, 0.29) is 36.0 Å². The summed E-state index contributed by atoms with van der Waals surface area (Å²) in [5.74, 6) is -1.50. The fraction of sp³-hybridized carbons (Fsp3) is 0.412. The highest BCUT2D eigenvalue weighted by molar-refractivity contribution is 6.23. The number of carbonyl (C=O) groups excluding carboxylic acids is 4. The van der Waals surface area contributed by atoms with Crippen LogP contribution in [0.3, 0.4) is 0 Å². The Morgan fingerprint density at radius 1 is 1.08 bits per heavy atom. The predicted octanol–water partition coefficient (Wildman–Crippen LogP) is -0.219. The van der Waals surface area contributed by atoms with E-state index >= 15 is 0 Å². The Balaban J connectivity index is 1.57. The number of imide groups is 2. The van der Waals surface area contributed by atoms with Gasteiger partial charge in [-0.3, -0.25) is 34.3 Å². The molecular weight excluding hydrogens is 326 g/mol. The van der Waals surface area contributed by atoms with Crippen molar-refractivity contribution in [3.8, 4) is 5.75 Å². The minimum absolute atomic E-state index is 0.0708. The summed E-state index contributed by atoms with van der Waals surface area (Å²) in [5, 5.41) is 2.18. The molecule has 4 amide bonds. The molecule has 0 saturated carbocycles. The average Bonchev–Trinajstić information content (AvgIpc) is 2.78. The highest BCUT2D eigenvalue weighted by atomic mass is 16.5. The standard InChI is InChI=1S/C17H17N3O5/c1-19-7-10(8-19)25-9-2-3-11-12(6-9)17(24)20(16(11)23)13-4-5-14(21)18-15(13)22/h2-3,6,10,13H,4-5,7-8H2,1H3,(H,18,21,22). The fourth-order valence-corrected chi connectivity index (χ4v) is 3.43. The van der Waals surface area contributed by atoms with Crippen LogP contribution in [-0.4, -0.2) is 65.7 Å². The number of fused-ring (bicyclic) bond motifs is 1. The van der Waals surface area contributed by atoms with Crippen LogP contribution in [0.2, 0.25) is 0 Å². The van der Waals surface area contributed by atoms with Crippen molar-refractivity contribution in [2.24, 2.45) is 0 Å². The second-order valence-electron chi connectivity index (χ2n) is 6.62. The van der Waals surface area contributed by atoms with E-state index in [0.29, 0.717) is 5.75 Å². The molecular formula is C17H17N3O5. The summed E-state index contributed by atoms with van der Waals surface area (Å²) >= 11 is 0. The van der Waals surface area contributed by atoms with Crippen LogP contribution < -0.4 is 10.1 Å². The number of amides is 4. The summed E-state index contributed by atoms with van der Waals surface area (Å²) < 4.78 is 5.80. The van der Waals surface area contributed by atoms with Gasteiger partial charge in [0.1, 0.15) is 17.9 Å². The number of benzene rings is 1. The summed E-state index contributed by atoms with van der Waals surface area (Å²) in [4.78, 5) is 51.6. The van der Waals surface area contributed by atoms with Crippen molar-refractivity contribution in [3.05, 3.63) is 29.3 Å². The molecule has 1 atom stereocenters. The summed E-state index contributed by atoms with van der Waals surface area (Å²) in [6.07, 6.45) is 0.322. The molecule has 1 unspecified atom stereocenters. The highest BCUT2D eigenvalue weighted by Crippen LogP contribution is 2.30. The molecule has 1 aromatic carbocycles. The van der Waals surface area contributed by atoms with Gasteiger partial charge in [-0.25, -0.2) is 0 Å². The largest absolute Gasteiger partial charge is 0.488 e. The van der Waals surface area contributed by atoms with E-state index in [4.69, 9.17) is 4.74 Å². The molecule has 0 aromatic heterocycles. The van der Waals surface area contributed by atoms with Gasteiger partial charge in [-0.1, -0.05) is 0 Å². The molecule has 0 bridgehead atoms. The summed E-state index contributed by atoms with van der Waals surface area (Å²) in [6.45, 7) is 1.62. The van der Waals surface area contributed by atoms with Crippen molar-refractivity contribution < 1.29 is 23.9 Å². The van der Waals surface area contributed by atoms with Crippen LogP contribution in [0.4, 0.5) is 0 Å². The monoisotopic (exact) mass is 343 g/mol. The summed E-state index contributed by atoms with van der Waals surface area (Å²) in [5.41, 5.74) is 0.493. The van der Waals surface area contributed by atoms with Gasteiger partial charge in [0.15, 0.2) is 0 Å². The third-order valence-electron chi connectivity index (χ3n) is 4.74. The first-order valence-electron chi connectivity index (χ1n) is 8.15. The molecule has 2 fully saturated rings. The predicted molar refractivity (Wildman–Crippen MR) is 85.0 cm³/mol. The first-order chi connectivity index (χ1) is 11.9. The lowest BCUT2D eigenvalue weighted by Crippen LogP contribution is -2.54. The second kappa shape index (κ2) is 5.66. The van der Waals surface area contributed by atoms with Crippen molar-refractivity contribution in [3.63, 3.8) is 0 Å². The van der Waals surface area contributed by atoms with Crippen LogP contribution >= 0.6 is 0 Å². The van der Waals surface area contributed by atoms with E-state index in [2.05, 4.69) is 10.2 Å². The van der Waals surface area contributed by atoms with E-state index < -0.39 is 23.8 Å². The van der Waals surface area contributed by atoms with E-state index in [0.717, 1.165) is 18.0 Å². The number of rotatable bonds is 3. The number of likely N-dealkylation sites (tertiary alicyclic amines) is 1. The van der Waals surface area contributed by atoms with Crippen molar-refractivity contribution in [1.82, 2.24) is 15.1 Å². The smallest absolute Gasteiger partial charge is 0.262 e. The molecule has 2 saturated heterocycles. The van der Waals surface area contributed by atoms with Gasteiger partial charge in [0.25, 0.3) is 11.8 Å². The zero-order valence-electron chi connectivity index (χ0n) is 13.7. The SMILES string of the molecule is CN1CC(Oc2ccc3c(c2)C(=O)N(C2CCC(=O)NC2=O)C3=O)C1. The van der Waals surface area contributed by atoms with E-state index in [1.807, 2.05) is 7.05 Å². The number of nitrogens with zero attached hydrogens (tertiary/aromatic N) is 2. The Bertz CT molecular complexity index is 799. The van der Waals surface area contributed by atoms with Gasteiger partial charge in [0, 0.05) is 19.5 Å². The zero-order chi connectivity index (χ0) is 17.7. The molecule has 25 heavy (non-hydrogen) atoms. The van der Waals surface area contributed by atoms with E-state index in [1.54, 1.807) is 18.2 Å². The van der Waals surface area contributed by atoms with Gasteiger partial charge in [-0.15, -0.1) is 0 Å². The molecule has 0 aliphatic carbocycles. The van der Waals surface area contributed by atoms with Crippen molar-refractivity contribution in [2.75, 3.05) is 20.1 Å². The van der Waals surface area contributed by atoms with Gasteiger partial charge in [0.2, 0.25) is 11.8 Å². The molecule has 1 aromatic rings. The zero-order valence-corrected chi connectivity index (χ0v) is 13.7. The number of carbonyl (C=O) groups is 4. The Kier molecular flexibility index (Phi) is 3.57. The molecule has 0 radical (unpaired) electrons. The third-order valence-corrected chi connectivity index (χ3v) is 4.74. The van der Waals surface area contributed by atoms with E-state index in [9.17, 15) is 19.2 Å². The number of nitrogens with one attached hydrogen (secondary N) is 1. The first kappa shape index (κ1) is 15.8. The van der Waals surface area contributed by atoms with Gasteiger partial charge in [0.05, 0.1) is 11.1 Å². The van der Waals surface area contributed by atoms with Crippen LogP contribution in [0.25, 0.3) is 0 Å². The number of hydrogen-bond acceptors (Lipinski definition) is 6. The average molecular weight is 343 g/mol. The normalized spacial score (nSPS) is 24.2. The summed E-state index contributed by atoms with van der Waals surface area (Å²) in [7, 11) is 1.99. The Morgan fingerprint density at radius 3 is 2.48 bits per heavy atom. The molecule has 1 N–H and O–H groups in total. The van der Waals surface area contributed by atoms with Gasteiger partial charge < -0.3 is 4.74 Å². The maximum absolute atomic E-state index is 12.7. The van der Waals surface area contributed by atoms with E-state index in [1.165, 1.54) is 0 Å². The lowest BCUT2D eigenvalue weighted by Gasteiger charge is -2.36. The lowest BCUT2D eigenvalue weighted by molar-refractivity contribution is -0.136. The molecule has 0 spiro atoms. The Labute approximate surface area is 143 Å². The maximum atomic E-state index is 12.7. The quantitative estimate of drug-likeness (QED) is 0.763. The van der Waals surface area contributed by atoms with Crippen molar-refractivity contribution in [1.29, 1.82) is 0 Å². The highest BCUT2D eigenvalue weighted by Gasteiger charge is 2.44. The second-order valence-corrected chi connectivity index (χ2v) is 6.62. The van der Waals surface area contributed by atoms with Gasteiger partial charge in [-0.05, 0) is 31.7 Å². The van der Waals surface area contributed by atoms with Crippen LogP contribution in [0.1, 0.15) is 33.6 Å². The van der Waals surface area contributed by atoms with Crippen molar-refractivity contribution >= 4 is 23.6 Å². The minimum atomic E-state index is -0.949. The van der Waals surface area contributed by atoms with Crippen LogP contribution in [0.15, 0.2) is 18.2 Å². The first-order valence-corrected chi connectivity index (χ1v) is 8.15. The number of ether oxygens (including phenoxy) is 1. The molecule has 3 aliphatic rings. The molecule has 3 heterocycles. The molecule has 3 aliphatic heterocycles. The Morgan fingerprint density at radius 2 is 1.80 bits per heavy atom. The topological polar surface area (TPSA) is 96.0 Å².